The van der Waals surface area contributed by atoms with E-state index in [1.807, 2.05) is 27.2 Å². The van der Waals surface area contributed by atoms with Gasteiger partial charge in [-0.2, -0.15) is 0 Å². The van der Waals surface area contributed by atoms with Gasteiger partial charge in [-0.25, -0.2) is 0 Å². The molecular weight excluding hydrogens is 876 g/mol. The molecule has 0 aromatic carbocycles. The second-order valence-corrected chi connectivity index (χ2v) is 19.9. The van der Waals surface area contributed by atoms with Gasteiger partial charge < -0.3 is 28.8 Å². The van der Waals surface area contributed by atoms with E-state index in [1.165, 1.54) is 25.7 Å². The number of likely N-dealkylation sites (N-methyl/N-ethyl adjacent to an activating group) is 1. The van der Waals surface area contributed by atoms with Gasteiger partial charge in [0.05, 0.1) is 39.9 Å². The summed E-state index contributed by atoms with van der Waals surface area (Å²) < 4.78 is 23.1. The molecule has 0 bridgehead atoms. The highest BCUT2D eigenvalue weighted by Gasteiger charge is 2.23. The number of aliphatic hydroxyl groups is 1. The molecule has 0 fully saturated rings. The van der Waals surface area contributed by atoms with Crippen LogP contribution < -0.4 is 10.2 Å². The molecule has 0 aliphatic heterocycles. The fraction of sp³-hybridized carbons (Fsp3) is 0.583. The smallest absolute Gasteiger partial charge is 0.268 e. The minimum absolute atomic E-state index is 0.0134. The molecule has 0 aromatic rings. The first-order valence-corrected chi connectivity index (χ1v) is 28.2. The van der Waals surface area contributed by atoms with Crippen LogP contribution in [0.2, 0.25) is 0 Å². The number of nitrogens with one attached hydrogen (secondary N) is 1. The van der Waals surface area contributed by atoms with Gasteiger partial charge in [0, 0.05) is 6.42 Å². The van der Waals surface area contributed by atoms with Gasteiger partial charge in [0.15, 0.2) is 0 Å². The Labute approximate surface area is 423 Å². The Morgan fingerprint density at radius 2 is 0.884 bits per heavy atom. The molecule has 3 unspecified atom stereocenters. The maximum atomic E-state index is 12.8. The van der Waals surface area contributed by atoms with E-state index in [-0.39, 0.29) is 12.5 Å². The molecule has 0 aliphatic rings. The zero-order valence-electron chi connectivity index (χ0n) is 44.2. The van der Waals surface area contributed by atoms with Crippen LogP contribution in [-0.2, 0) is 18.4 Å². The normalized spacial score (nSPS) is 15.2. The summed E-state index contributed by atoms with van der Waals surface area (Å²) in [5.41, 5.74) is 0. The van der Waals surface area contributed by atoms with Crippen molar-refractivity contribution in [1.29, 1.82) is 0 Å². The number of amides is 1. The van der Waals surface area contributed by atoms with E-state index in [1.54, 1.807) is 6.08 Å². The molecular formula is C60H99N2O6P. The van der Waals surface area contributed by atoms with Crippen LogP contribution in [0, 0.1) is 0 Å². The third-order valence-corrected chi connectivity index (χ3v) is 11.8. The summed E-state index contributed by atoms with van der Waals surface area (Å²) in [7, 11) is 1.22. The van der Waals surface area contributed by atoms with Crippen molar-refractivity contribution in [1.82, 2.24) is 5.32 Å². The summed E-state index contributed by atoms with van der Waals surface area (Å²) in [6, 6.07) is -0.905. The van der Waals surface area contributed by atoms with E-state index >= 15 is 0 Å². The zero-order valence-corrected chi connectivity index (χ0v) is 45.1. The first kappa shape index (κ1) is 65.4. The lowest BCUT2D eigenvalue weighted by molar-refractivity contribution is -0.870. The summed E-state index contributed by atoms with van der Waals surface area (Å²) in [6.07, 6.45) is 76.5. The van der Waals surface area contributed by atoms with Crippen molar-refractivity contribution in [3.63, 3.8) is 0 Å². The predicted molar refractivity (Wildman–Crippen MR) is 297 cm³/mol. The molecule has 1 amide bonds. The standard InChI is InChI=1S/C60H99N2O6P/c1-6-8-10-12-14-16-17-18-19-20-21-22-23-24-25-26-27-28-29-30-31-32-33-34-35-36-37-38-39-40-41-42-43-44-45-46-48-50-52-54-60(64)61-58(57-68-69(65,66)67-56-55-62(3,4)5)59(63)53-51-49-47-15-13-11-9-7-2/h8,10,14,16,18-19,21-22,24-25,27-28,30-31,33-34,36-37,39-40,42-43,51,53,58-59,63H,6-7,9,11-13,15,17,20,23,26,29,32,35,38,41,44-50,52,54-57H2,1-5H3,(H-,61,64,65,66)/b10-8-,16-14-,19-18-,22-21-,25-24-,28-27-,31-30-,34-33-,37-36-,40-39-,43-42-,53-51+. The lowest BCUT2D eigenvalue weighted by Crippen LogP contribution is -2.45. The van der Waals surface area contributed by atoms with Crippen molar-refractivity contribution in [3.8, 4) is 0 Å². The number of allylic oxidation sites excluding steroid dienone is 23. The van der Waals surface area contributed by atoms with Crippen LogP contribution >= 0.6 is 7.82 Å². The Morgan fingerprint density at radius 3 is 1.29 bits per heavy atom. The number of aliphatic hydroxyl groups excluding tert-OH is 1. The molecule has 0 rings (SSSR count). The van der Waals surface area contributed by atoms with E-state index in [4.69, 9.17) is 9.05 Å². The minimum Gasteiger partial charge on any atom is -0.756 e. The topological polar surface area (TPSA) is 108 Å². The monoisotopic (exact) mass is 975 g/mol. The summed E-state index contributed by atoms with van der Waals surface area (Å²) in [6.45, 7) is 4.43. The Kier molecular flexibility index (Phi) is 46.8. The number of hydrogen-bond acceptors (Lipinski definition) is 6. The zero-order chi connectivity index (χ0) is 50.6. The van der Waals surface area contributed by atoms with Gasteiger partial charge in [-0.15, -0.1) is 0 Å². The number of carbonyl (C=O) groups is 1. The molecule has 390 valence electrons. The Morgan fingerprint density at radius 1 is 0.522 bits per heavy atom. The molecule has 2 N–H and O–H groups in total. The second kappa shape index (κ2) is 49.4. The number of carbonyl (C=O) groups excluding carboxylic acids is 1. The Hall–Kier alpha value is -3.62. The number of quaternary nitrogens is 1. The molecule has 3 atom stereocenters. The molecule has 0 aliphatic carbocycles. The van der Waals surface area contributed by atoms with Gasteiger partial charge in [0.1, 0.15) is 13.2 Å². The third-order valence-electron chi connectivity index (χ3n) is 10.8. The maximum absolute atomic E-state index is 12.8. The summed E-state index contributed by atoms with van der Waals surface area (Å²) >= 11 is 0. The summed E-state index contributed by atoms with van der Waals surface area (Å²) in [5, 5.41) is 13.7. The molecule has 0 spiro atoms. The minimum atomic E-state index is -4.60. The number of rotatable bonds is 46. The highest BCUT2D eigenvalue weighted by atomic mass is 31.2. The van der Waals surface area contributed by atoms with Gasteiger partial charge in [0.2, 0.25) is 5.91 Å². The van der Waals surface area contributed by atoms with E-state index in [2.05, 4.69) is 153 Å². The Bertz CT molecular complexity index is 1620. The summed E-state index contributed by atoms with van der Waals surface area (Å²) in [5.74, 6) is -0.227. The van der Waals surface area contributed by atoms with Crippen LogP contribution in [-0.4, -0.2) is 68.5 Å². The first-order valence-electron chi connectivity index (χ1n) is 26.7. The fourth-order valence-electron chi connectivity index (χ4n) is 6.62. The molecule has 0 radical (unpaired) electrons. The number of phosphoric ester groups is 1. The molecule has 69 heavy (non-hydrogen) atoms. The van der Waals surface area contributed by atoms with Gasteiger partial charge in [-0.3, -0.25) is 9.36 Å². The van der Waals surface area contributed by atoms with Crippen LogP contribution in [0.1, 0.15) is 174 Å². The largest absolute Gasteiger partial charge is 0.756 e. The van der Waals surface area contributed by atoms with Crippen molar-refractivity contribution in [3.05, 3.63) is 146 Å². The molecule has 0 aromatic heterocycles. The van der Waals surface area contributed by atoms with E-state index in [0.717, 1.165) is 128 Å². The van der Waals surface area contributed by atoms with E-state index in [9.17, 15) is 19.4 Å². The molecule has 0 saturated carbocycles. The maximum Gasteiger partial charge on any atom is 0.268 e. The number of hydrogen-bond donors (Lipinski definition) is 2. The van der Waals surface area contributed by atoms with Crippen molar-refractivity contribution >= 4 is 13.7 Å². The lowest BCUT2D eigenvalue weighted by Gasteiger charge is -2.29. The van der Waals surface area contributed by atoms with Crippen LogP contribution in [0.15, 0.2) is 146 Å². The van der Waals surface area contributed by atoms with Gasteiger partial charge >= 0.3 is 0 Å². The van der Waals surface area contributed by atoms with Crippen LogP contribution in [0.5, 0.6) is 0 Å². The highest BCUT2D eigenvalue weighted by molar-refractivity contribution is 7.45. The average molecular weight is 975 g/mol. The third kappa shape index (κ3) is 52.0. The number of phosphoric acid groups is 1. The molecule has 9 heteroatoms. The molecule has 8 nitrogen and oxygen atoms in total. The second-order valence-electron chi connectivity index (χ2n) is 18.5. The van der Waals surface area contributed by atoms with E-state index < -0.39 is 26.6 Å². The number of nitrogens with zero attached hydrogens (tertiary/aromatic N) is 1. The predicted octanol–water partition coefficient (Wildman–Crippen LogP) is 15.5. The van der Waals surface area contributed by atoms with Crippen LogP contribution in [0.3, 0.4) is 0 Å². The lowest BCUT2D eigenvalue weighted by atomic mass is 10.1. The van der Waals surface area contributed by atoms with Crippen LogP contribution in [0.4, 0.5) is 0 Å². The molecule has 0 saturated heterocycles. The van der Waals surface area contributed by atoms with Crippen molar-refractivity contribution in [2.45, 2.75) is 187 Å². The fourth-order valence-corrected chi connectivity index (χ4v) is 7.35. The first-order chi connectivity index (χ1) is 33.5. The highest BCUT2D eigenvalue weighted by Crippen LogP contribution is 2.38. The summed E-state index contributed by atoms with van der Waals surface area (Å²) in [4.78, 5) is 25.3. The van der Waals surface area contributed by atoms with Gasteiger partial charge in [0.25, 0.3) is 7.82 Å². The van der Waals surface area contributed by atoms with Crippen molar-refractivity contribution in [2.24, 2.45) is 0 Å². The van der Waals surface area contributed by atoms with Gasteiger partial charge in [-0.05, 0) is 103 Å². The van der Waals surface area contributed by atoms with Crippen molar-refractivity contribution in [2.75, 3.05) is 40.9 Å². The average Bonchev–Trinajstić information content (AvgIpc) is 3.31. The van der Waals surface area contributed by atoms with Crippen molar-refractivity contribution < 1.29 is 32.9 Å². The quantitative estimate of drug-likeness (QED) is 0.0272. The number of unbranched alkanes of at least 4 members (excludes halogenated alkanes) is 11. The van der Waals surface area contributed by atoms with Gasteiger partial charge in [-0.1, -0.05) is 211 Å². The van der Waals surface area contributed by atoms with E-state index in [0.29, 0.717) is 17.4 Å². The van der Waals surface area contributed by atoms with Crippen LogP contribution in [0.25, 0.3) is 0 Å². The SMILES string of the molecule is CC/C=C\C/C=C\C/C=C\C/C=C\C/C=C\C/C=C\C/C=C\C/C=C\C/C=C\C/C=C\C/C=C\CCCCCCCC(=O)NC(COP(=O)([O-])OCC[N+](C)(C)C)C(O)/C=C/CCCCCCCC. The Balaban J connectivity index is 4.12. The molecule has 0 heterocycles.